The second-order valence-corrected chi connectivity index (χ2v) is 5.47. The van der Waals surface area contributed by atoms with Crippen molar-refractivity contribution in [2.75, 3.05) is 20.1 Å². The Morgan fingerprint density at radius 2 is 1.74 bits per heavy atom. The van der Waals surface area contributed by atoms with Crippen molar-refractivity contribution in [1.29, 1.82) is 0 Å². The lowest BCUT2D eigenvalue weighted by molar-refractivity contribution is 0.237. The number of nitrogens with one attached hydrogen (secondary N) is 1. The topological polar surface area (TPSA) is 15.3 Å². The first-order chi connectivity index (χ1) is 9.17. The van der Waals surface area contributed by atoms with Gasteiger partial charge in [0.1, 0.15) is 0 Å². The Bertz CT molecular complexity index is 332. The zero-order valence-corrected chi connectivity index (χ0v) is 13.1. The van der Waals surface area contributed by atoms with Crippen LogP contribution in [-0.2, 0) is 13.0 Å². The molecule has 0 saturated heterocycles. The standard InChI is InChI=1S/C17H30N2/c1-5-7-15(3)19(4)14-17-10-8-16(9-11-17)12-13-18-6-2/h8-11,15,18H,5-7,12-14H2,1-4H3. The van der Waals surface area contributed by atoms with Gasteiger partial charge >= 0.3 is 0 Å². The van der Waals surface area contributed by atoms with E-state index < -0.39 is 0 Å². The molecular weight excluding hydrogens is 232 g/mol. The molecule has 0 aliphatic carbocycles. The van der Waals surface area contributed by atoms with Crippen LogP contribution >= 0.6 is 0 Å². The van der Waals surface area contributed by atoms with Crippen molar-refractivity contribution in [3.63, 3.8) is 0 Å². The highest BCUT2D eigenvalue weighted by atomic mass is 15.1. The second-order valence-electron chi connectivity index (χ2n) is 5.47. The maximum Gasteiger partial charge on any atom is 0.0233 e. The molecule has 2 nitrogen and oxygen atoms in total. The minimum absolute atomic E-state index is 0.665. The molecule has 0 aliphatic heterocycles. The summed E-state index contributed by atoms with van der Waals surface area (Å²) in [6.45, 7) is 9.89. The van der Waals surface area contributed by atoms with Crippen LogP contribution in [0.4, 0.5) is 0 Å². The van der Waals surface area contributed by atoms with Gasteiger partial charge in [-0.25, -0.2) is 0 Å². The van der Waals surface area contributed by atoms with Gasteiger partial charge in [0.25, 0.3) is 0 Å². The lowest BCUT2D eigenvalue weighted by Gasteiger charge is -2.24. The molecule has 1 unspecified atom stereocenters. The van der Waals surface area contributed by atoms with Gasteiger partial charge in [0.2, 0.25) is 0 Å². The van der Waals surface area contributed by atoms with Crippen molar-refractivity contribution in [3.05, 3.63) is 35.4 Å². The zero-order valence-electron chi connectivity index (χ0n) is 13.1. The van der Waals surface area contributed by atoms with Crippen LogP contribution < -0.4 is 5.32 Å². The van der Waals surface area contributed by atoms with Crippen LogP contribution in [0.15, 0.2) is 24.3 Å². The van der Waals surface area contributed by atoms with Crippen molar-refractivity contribution in [3.8, 4) is 0 Å². The molecule has 1 rings (SSSR count). The Labute approximate surface area is 119 Å². The van der Waals surface area contributed by atoms with Gasteiger partial charge in [-0.3, -0.25) is 4.90 Å². The molecule has 1 aromatic carbocycles. The minimum atomic E-state index is 0.665. The SMILES string of the molecule is CCCC(C)N(C)Cc1ccc(CCNCC)cc1. The highest BCUT2D eigenvalue weighted by molar-refractivity contribution is 5.22. The molecule has 2 heteroatoms. The first kappa shape index (κ1) is 16.2. The minimum Gasteiger partial charge on any atom is -0.317 e. The van der Waals surface area contributed by atoms with Gasteiger partial charge < -0.3 is 5.32 Å². The summed E-state index contributed by atoms with van der Waals surface area (Å²) >= 11 is 0. The van der Waals surface area contributed by atoms with Crippen molar-refractivity contribution in [2.24, 2.45) is 0 Å². The fourth-order valence-corrected chi connectivity index (χ4v) is 2.30. The summed E-state index contributed by atoms with van der Waals surface area (Å²) < 4.78 is 0. The van der Waals surface area contributed by atoms with Gasteiger partial charge in [0.05, 0.1) is 0 Å². The Hall–Kier alpha value is -0.860. The van der Waals surface area contributed by atoms with Gasteiger partial charge in [-0.1, -0.05) is 44.5 Å². The molecule has 0 amide bonds. The number of hydrogen-bond acceptors (Lipinski definition) is 2. The van der Waals surface area contributed by atoms with E-state index in [9.17, 15) is 0 Å². The molecule has 108 valence electrons. The summed E-state index contributed by atoms with van der Waals surface area (Å²) in [5.74, 6) is 0. The van der Waals surface area contributed by atoms with Gasteiger partial charge in [-0.05, 0) is 51.0 Å². The molecule has 19 heavy (non-hydrogen) atoms. The predicted octanol–water partition coefficient (Wildman–Crippen LogP) is 3.46. The molecular formula is C17H30N2. The predicted molar refractivity (Wildman–Crippen MR) is 84.5 cm³/mol. The van der Waals surface area contributed by atoms with Crippen LogP contribution in [0.5, 0.6) is 0 Å². The molecule has 1 atom stereocenters. The van der Waals surface area contributed by atoms with Gasteiger partial charge in [-0.15, -0.1) is 0 Å². The summed E-state index contributed by atoms with van der Waals surface area (Å²) in [6.07, 6.45) is 3.66. The quantitative estimate of drug-likeness (QED) is 0.686. The average Bonchev–Trinajstić information content (AvgIpc) is 2.41. The Morgan fingerprint density at radius 1 is 1.11 bits per heavy atom. The summed E-state index contributed by atoms with van der Waals surface area (Å²) in [4.78, 5) is 2.44. The average molecular weight is 262 g/mol. The van der Waals surface area contributed by atoms with E-state index in [1.54, 1.807) is 0 Å². The van der Waals surface area contributed by atoms with E-state index in [1.807, 2.05) is 0 Å². The summed E-state index contributed by atoms with van der Waals surface area (Å²) in [5, 5.41) is 3.36. The molecule has 0 aromatic heterocycles. The third-order valence-corrected chi connectivity index (χ3v) is 3.75. The Morgan fingerprint density at radius 3 is 2.32 bits per heavy atom. The molecule has 1 N–H and O–H groups in total. The van der Waals surface area contributed by atoms with E-state index in [0.29, 0.717) is 6.04 Å². The summed E-state index contributed by atoms with van der Waals surface area (Å²) in [6, 6.07) is 9.75. The van der Waals surface area contributed by atoms with Crippen molar-refractivity contribution in [2.45, 2.75) is 52.6 Å². The maximum absolute atomic E-state index is 3.36. The zero-order chi connectivity index (χ0) is 14.1. The van der Waals surface area contributed by atoms with E-state index in [2.05, 4.69) is 62.3 Å². The van der Waals surface area contributed by atoms with Crippen molar-refractivity contribution >= 4 is 0 Å². The van der Waals surface area contributed by atoms with Crippen LogP contribution in [0.2, 0.25) is 0 Å². The Balaban J connectivity index is 2.43. The number of hydrogen-bond donors (Lipinski definition) is 1. The number of rotatable bonds is 9. The number of likely N-dealkylation sites (N-methyl/N-ethyl adjacent to an activating group) is 1. The van der Waals surface area contributed by atoms with Crippen LogP contribution in [0, 0.1) is 0 Å². The number of benzene rings is 1. The molecule has 0 radical (unpaired) electrons. The van der Waals surface area contributed by atoms with E-state index >= 15 is 0 Å². The Kier molecular flexibility index (Phi) is 7.76. The van der Waals surface area contributed by atoms with E-state index in [0.717, 1.165) is 26.1 Å². The van der Waals surface area contributed by atoms with Crippen LogP contribution in [0.3, 0.4) is 0 Å². The fourth-order valence-electron chi connectivity index (χ4n) is 2.30. The third kappa shape index (κ3) is 6.22. The van der Waals surface area contributed by atoms with Crippen molar-refractivity contribution in [1.82, 2.24) is 10.2 Å². The molecule has 0 spiro atoms. The van der Waals surface area contributed by atoms with E-state index in [1.165, 1.54) is 24.0 Å². The third-order valence-electron chi connectivity index (χ3n) is 3.75. The molecule has 0 heterocycles. The van der Waals surface area contributed by atoms with Gasteiger partial charge in [-0.2, -0.15) is 0 Å². The largest absolute Gasteiger partial charge is 0.317 e. The van der Waals surface area contributed by atoms with Crippen LogP contribution in [0.1, 0.15) is 44.7 Å². The van der Waals surface area contributed by atoms with Crippen LogP contribution in [-0.4, -0.2) is 31.1 Å². The van der Waals surface area contributed by atoms with Gasteiger partial charge in [0.15, 0.2) is 0 Å². The summed E-state index contributed by atoms with van der Waals surface area (Å²) in [7, 11) is 2.22. The lowest BCUT2D eigenvalue weighted by atomic mass is 10.1. The lowest BCUT2D eigenvalue weighted by Crippen LogP contribution is -2.28. The smallest absolute Gasteiger partial charge is 0.0233 e. The maximum atomic E-state index is 3.36. The highest BCUT2D eigenvalue weighted by Gasteiger charge is 2.08. The fraction of sp³-hybridized carbons (Fsp3) is 0.647. The highest BCUT2D eigenvalue weighted by Crippen LogP contribution is 2.11. The molecule has 0 aliphatic rings. The number of nitrogens with zero attached hydrogens (tertiary/aromatic N) is 1. The first-order valence-electron chi connectivity index (χ1n) is 7.66. The van der Waals surface area contributed by atoms with Gasteiger partial charge in [0, 0.05) is 12.6 Å². The monoisotopic (exact) mass is 262 g/mol. The molecule has 0 bridgehead atoms. The van der Waals surface area contributed by atoms with E-state index in [4.69, 9.17) is 0 Å². The molecule has 1 aromatic rings. The molecule has 0 fully saturated rings. The second kappa shape index (κ2) is 9.11. The van der Waals surface area contributed by atoms with Crippen LogP contribution in [0.25, 0.3) is 0 Å². The van der Waals surface area contributed by atoms with E-state index in [-0.39, 0.29) is 0 Å². The van der Waals surface area contributed by atoms with Crippen molar-refractivity contribution < 1.29 is 0 Å². The molecule has 0 saturated carbocycles. The normalized spacial score (nSPS) is 12.9. The first-order valence-corrected chi connectivity index (χ1v) is 7.66. The summed E-state index contributed by atoms with van der Waals surface area (Å²) in [5.41, 5.74) is 2.84.